The summed E-state index contributed by atoms with van der Waals surface area (Å²) >= 11 is 0. The molecule has 1 aliphatic heterocycles. The Hall–Kier alpha value is -3.98. The van der Waals surface area contributed by atoms with Crippen molar-refractivity contribution in [3.05, 3.63) is 52.9 Å². The number of carbonyl (C=O) groups excluding carboxylic acids is 2. The molecule has 2 N–H and O–H groups in total. The van der Waals surface area contributed by atoms with Crippen LogP contribution in [0.5, 0.6) is 11.5 Å². The first-order valence-electron chi connectivity index (χ1n) is 12.3. The molecule has 0 saturated heterocycles. The van der Waals surface area contributed by atoms with Gasteiger partial charge >= 0.3 is 5.97 Å². The van der Waals surface area contributed by atoms with E-state index in [4.69, 9.17) is 13.9 Å². The predicted octanol–water partition coefficient (Wildman–Crippen LogP) is 4.81. The molecule has 9 nitrogen and oxygen atoms in total. The van der Waals surface area contributed by atoms with Gasteiger partial charge < -0.3 is 33.8 Å². The fourth-order valence-electron chi connectivity index (χ4n) is 5.12. The summed E-state index contributed by atoms with van der Waals surface area (Å²) in [6.07, 6.45) is 0.745. The molecule has 37 heavy (non-hydrogen) atoms. The van der Waals surface area contributed by atoms with Crippen molar-refractivity contribution in [2.24, 2.45) is 0 Å². The van der Waals surface area contributed by atoms with Gasteiger partial charge in [0.25, 0.3) is 5.91 Å². The molecule has 194 valence electrons. The lowest BCUT2D eigenvalue weighted by atomic mass is 9.93. The summed E-state index contributed by atoms with van der Waals surface area (Å²) < 4.78 is 16.8. The molecular weight excluding hydrogens is 474 g/mol. The molecule has 1 unspecified atom stereocenters. The third-order valence-corrected chi connectivity index (χ3v) is 7.00. The lowest BCUT2D eigenvalue weighted by molar-refractivity contribution is 0.0602. The first kappa shape index (κ1) is 24.7. The maximum Gasteiger partial charge on any atom is 0.340 e. The van der Waals surface area contributed by atoms with E-state index >= 15 is 0 Å². The third-order valence-electron chi connectivity index (χ3n) is 7.00. The number of benzene rings is 2. The Bertz CT molecular complexity index is 1520. The molecule has 0 saturated carbocycles. The number of rotatable bonds is 7. The van der Waals surface area contributed by atoms with E-state index in [1.807, 2.05) is 38.1 Å². The van der Waals surface area contributed by atoms with Gasteiger partial charge in [-0.25, -0.2) is 4.79 Å². The molecule has 0 spiro atoms. The summed E-state index contributed by atoms with van der Waals surface area (Å²) in [5, 5.41) is 12.2. The monoisotopic (exact) mass is 505 g/mol. The molecule has 2 aromatic carbocycles. The quantitative estimate of drug-likeness (QED) is 0.347. The van der Waals surface area contributed by atoms with Crippen LogP contribution in [0.1, 0.15) is 51.4 Å². The van der Waals surface area contributed by atoms with E-state index in [0.29, 0.717) is 52.3 Å². The van der Waals surface area contributed by atoms with Crippen molar-refractivity contribution in [3.63, 3.8) is 0 Å². The fraction of sp³-hybridized carbons (Fsp3) is 0.357. The number of aryl methyl sites for hydroxylation is 1. The average Bonchev–Trinajstić information content (AvgIpc) is 3.55. The Morgan fingerprint density at radius 1 is 1.24 bits per heavy atom. The Morgan fingerprint density at radius 2 is 2.03 bits per heavy atom. The van der Waals surface area contributed by atoms with Gasteiger partial charge in [-0.3, -0.25) is 4.79 Å². The van der Waals surface area contributed by atoms with Crippen LogP contribution in [0.25, 0.3) is 21.9 Å². The molecule has 1 aliphatic rings. The lowest BCUT2D eigenvalue weighted by Crippen LogP contribution is -2.29. The second kappa shape index (κ2) is 9.48. The number of methoxy groups -OCH3 is 1. The molecule has 1 amide bonds. The van der Waals surface area contributed by atoms with Gasteiger partial charge in [-0.2, -0.15) is 0 Å². The number of aromatic amines is 1. The summed E-state index contributed by atoms with van der Waals surface area (Å²) in [5.74, 6) is 0.0388. The Labute approximate surface area is 214 Å². The minimum atomic E-state index is -0.489. The number of phenols is 1. The van der Waals surface area contributed by atoms with E-state index in [2.05, 4.69) is 4.98 Å². The van der Waals surface area contributed by atoms with Crippen LogP contribution in [0.4, 0.5) is 5.69 Å². The summed E-state index contributed by atoms with van der Waals surface area (Å²) in [7, 11) is 5.30. The van der Waals surface area contributed by atoms with Crippen LogP contribution in [-0.2, 0) is 4.74 Å². The van der Waals surface area contributed by atoms with Gasteiger partial charge in [-0.1, -0.05) is 6.92 Å². The SMILES string of the molecule is CCC1CN(C(=O)c2cc3cc(OCCN(C)C)ccc3o2)c2cc(O)c3[nH]c(C)c(C(=O)OC)c3c21. The number of likely N-dealkylation sites (N-methyl/N-ethyl adjacent to an activating group) is 1. The zero-order chi connectivity index (χ0) is 26.4. The fourth-order valence-corrected chi connectivity index (χ4v) is 5.12. The molecule has 0 bridgehead atoms. The van der Waals surface area contributed by atoms with Gasteiger partial charge in [0.05, 0.1) is 23.9 Å². The summed E-state index contributed by atoms with van der Waals surface area (Å²) in [6.45, 7) is 5.55. The number of nitrogens with one attached hydrogen (secondary N) is 1. The number of anilines is 1. The van der Waals surface area contributed by atoms with Gasteiger partial charge in [-0.15, -0.1) is 0 Å². The van der Waals surface area contributed by atoms with Crippen LogP contribution in [0.2, 0.25) is 0 Å². The van der Waals surface area contributed by atoms with E-state index in [9.17, 15) is 14.7 Å². The molecule has 3 heterocycles. The van der Waals surface area contributed by atoms with E-state index < -0.39 is 5.97 Å². The van der Waals surface area contributed by atoms with Crippen LogP contribution < -0.4 is 9.64 Å². The molecule has 4 aromatic rings. The van der Waals surface area contributed by atoms with Crippen molar-refractivity contribution in [3.8, 4) is 11.5 Å². The van der Waals surface area contributed by atoms with E-state index in [-0.39, 0.29) is 23.3 Å². The molecule has 2 aromatic heterocycles. The predicted molar refractivity (Wildman–Crippen MR) is 141 cm³/mol. The van der Waals surface area contributed by atoms with Gasteiger partial charge in [0.2, 0.25) is 0 Å². The molecule has 1 atom stereocenters. The maximum atomic E-state index is 13.7. The van der Waals surface area contributed by atoms with Crippen molar-refractivity contribution < 1.29 is 28.6 Å². The van der Waals surface area contributed by atoms with E-state index in [0.717, 1.165) is 23.9 Å². The number of furan rings is 1. The molecule has 5 rings (SSSR count). The van der Waals surface area contributed by atoms with E-state index in [1.165, 1.54) is 7.11 Å². The van der Waals surface area contributed by atoms with Gasteiger partial charge in [0.1, 0.15) is 23.7 Å². The molecule has 0 fully saturated rings. The van der Waals surface area contributed by atoms with Crippen LogP contribution in [0, 0.1) is 6.92 Å². The zero-order valence-electron chi connectivity index (χ0n) is 21.7. The smallest absolute Gasteiger partial charge is 0.340 e. The number of ether oxygens (including phenoxy) is 2. The average molecular weight is 506 g/mol. The number of hydrogen-bond donors (Lipinski definition) is 2. The second-order valence-electron chi connectivity index (χ2n) is 9.68. The highest BCUT2D eigenvalue weighted by Gasteiger charge is 2.38. The highest BCUT2D eigenvalue weighted by molar-refractivity contribution is 6.14. The normalized spacial score (nSPS) is 15.1. The summed E-state index contributed by atoms with van der Waals surface area (Å²) in [5.41, 5.74) is 3.45. The molecule has 9 heteroatoms. The topological polar surface area (TPSA) is 108 Å². The highest BCUT2D eigenvalue weighted by atomic mass is 16.5. The third kappa shape index (κ3) is 4.19. The van der Waals surface area contributed by atoms with Crippen molar-refractivity contribution in [1.82, 2.24) is 9.88 Å². The van der Waals surface area contributed by atoms with Crippen molar-refractivity contribution in [2.75, 3.05) is 45.8 Å². The lowest BCUT2D eigenvalue weighted by Gasteiger charge is -2.16. The Balaban J connectivity index is 1.54. The number of carbonyl (C=O) groups is 2. The Morgan fingerprint density at radius 3 is 2.73 bits per heavy atom. The first-order valence-corrected chi connectivity index (χ1v) is 12.3. The highest BCUT2D eigenvalue weighted by Crippen LogP contribution is 2.48. The number of fused-ring (bicyclic) bond motifs is 4. The number of amides is 1. The van der Waals surface area contributed by atoms with Crippen LogP contribution in [-0.4, -0.2) is 67.8 Å². The van der Waals surface area contributed by atoms with Crippen LogP contribution in [0.3, 0.4) is 0 Å². The van der Waals surface area contributed by atoms with Crippen molar-refractivity contribution >= 4 is 39.4 Å². The number of aromatic hydroxyl groups is 1. The minimum absolute atomic E-state index is 0.0262. The van der Waals surface area contributed by atoms with Crippen molar-refractivity contribution in [2.45, 2.75) is 26.2 Å². The van der Waals surface area contributed by atoms with Gasteiger partial charge in [0.15, 0.2) is 5.76 Å². The number of H-pyrrole nitrogens is 1. The standard InChI is InChI=1S/C28H31N3O6/c1-6-16-14-31(19-13-20(32)26-25(24(16)19)23(15(2)29-26)28(34)35-5)27(33)22-12-17-11-18(7-8-21(17)37-22)36-10-9-30(3)4/h7-8,11-13,16,29,32H,6,9-10,14H2,1-5H3. The molecule has 0 aliphatic carbocycles. The number of esters is 1. The van der Waals surface area contributed by atoms with Crippen LogP contribution in [0.15, 0.2) is 34.7 Å². The van der Waals surface area contributed by atoms with E-state index in [1.54, 1.807) is 30.0 Å². The first-order chi connectivity index (χ1) is 17.7. The number of phenolic OH excluding ortho intramolecular Hbond substituents is 1. The second-order valence-corrected chi connectivity index (χ2v) is 9.68. The summed E-state index contributed by atoms with van der Waals surface area (Å²) in [4.78, 5) is 33.1. The number of hydrogen-bond acceptors (Lipinski definition) is 7. The zero-order valence-corrected chi connectivity index (χ0v) is 21.7. The van der Waals surface area contributed by atoms with Crippen LogP contribution >= 0.6 is 0 Å². The van der Waals surface area contributed by atoms with Crippen molar-refractivity contribution in [1.29, 1.82) is 0 Å². The molecular formula is C28H31N3O6. The summed E-state index contributed by atoms with van der Waals surface area (Å²) in [6, 6.07) is 8.78. The minimum Gasteiger partial charge on any atom is -0.506 e. The number of nitrogens with zero attached hydrogens (tertiary/aromatic N) is 2. The number of aromatic nitrogens is 1. The largest absolute Gasteiger partial charge is 0.506 e. The molecule has 0 radical (unpaired) electrons. The van der Waals surface area contributed by atoms with Gasteiger partial charge in [-0.05, 0) is 57.3 Å². The maximum absolute atomic E-state index is 13.7. The van der Waals surface area contributed by atoms with Gasteiger partial charge in [0, 0.05) is 41.5 Å². The Kier molecular flexibility index (Phi) is 6.33.